The lowest BCUT2D eigenvalue weighted by Crippen LogP contribution is -2.14. The third-order valence-corrected chi connectivity index (χ3v) is 4.42. The van der Waals surface area contributed by atoms with E-state index in [1.54, 1.807) is 0 Å². The summed E-state index contributed by atoms with van der Waals surface area (Å²) in [6.45, 7) is 4.25. The largest absolute Gasteiger partial charge is 0.491 e. The molecule has 0 radical (unpaired) electrons. The third kappa shape index (κ3) is 10.7. The van der Waals surface area contributed by atoms with Crippen LogP contribution in [0.2, 0.25) is 0 Å². The van der Waals surface area contributed by atoms with Crippen molar-refractivity contribution in [2.45, 2.75) is 0 Å². The lowest BCUT2D eigenvalue weighted by atomic mass is 10.3. The highest BCUT2D eigenvalue weighted by Crippen LogP contribution is 2.16. The van der Waals surface area contributed by atoms with Crippen molar-refractivity contribution in [2.24, 2.45) is 0 Å². The van der Waals surface area contributed by atoms with Gasteiger partial charge in [-0.3, -0.25) is 0 Å². The van der Waals surface area contributed by atoms with Gasteiger partial charge in [-0.05, 0) is 48.5 Å². The lowest BCUT2D eigenvalue weighted by molar-refractivity contribution is 0.00499. The molecule has 0 heterocycles. The van der Waals surface area contributed by atoms with Gasteiger partial charge in [0.1, 0.15) is 24.7 Å². The van der Waals surface area contributed by atoms with Crippen LogP contribution in [-0.2, 0) is 14.2 Å². The standard InChI is InChI=1S/C20H24Br2O5/c21-17-1-5-19(6-2-17)26-15-13-24-11-9-23-10-12-25-14-16-27-20-7-3-18(22)4-8-20/h1-8H,9-16H2. The summed E-state index contributed by atoms with van der Waals surface area (Å²) in [6, 6.07) is 15.4. The van der Waals surface area contributed by atoms with Crippen molar-refractivity contribution in [2.75, 3.05) is 52.9 Å². The van der Waals surface area contributed by atoms with Gasteiger partial charge in [-0.25, -0.2) is 0 Å². The molecule has 27 heavy (non-hydrogen) atoms. The zero-order valence-electron chi connectivity index (χ0n) is 15.1. The van der Waals surface area contributed by atoms with Crippen LogP contribution in [0.3, 0.4) is 0 Å². The number of ether oxygens (including phenoxy) is 5. The predicted molar refractivity (Wildman–Crippen MR) is 112 cm³/mol. The average molecular weight is 504 g/mol. The minimum absolute atomic E-state index is 0.517. The van der Waals surface area contributed by atoms with Gasteiger partial charge in [-0.15, -0.1) is 0 Å². The molecule has 0 aliphatic heterocycles. The fourth-order valence-corrected chi connectivity index (χ4v) is 2.57. The Kier molecular flexibility index (Phi) is 11.5. The van der Waals surface area contributed by atoms with E-state index in [0.29, 0.717) is 52.9 Å². The zero-order chi connectivity index (χ0) is 19.2. The van der Waals surface area contributed by atoms with E-state index < -0.39 is 0 Å². The Bertz CT molecular complexity index is 564. The fourth-order valence-electron chi connectivity index (χ4n) is 2.04. The van der Waals surface area contributed by atoms with Crippen molar-refractivity contribution >= 4 is 31.9 Å². The van der Waals surface area contributed by atoms with Crippen molar-refractivity contribution in [1.29, 1.82) is 0 Å². The van der Waals surface area contributed by atoms with E-state index in [1.165, 1.54) is 0 Å². The molecule has 0 fully saturated rings. The molecule has 0 N–H and O–H groups in total. The Morgan fingerprint density at radius 2 is 0.741 bits per heavy atom. The van der Waals surface area contributed by atoms with Crippen LogP contribution in [0.4, 0.5) is 0 Å². The van der Waals surface area contributed by atoms with Crippen LogP contribution in [0.25, 0.3) is 0 Å². The second-order valence-corrected chi connectivity index (χ2v) is 7.27. The fraction of sp³-hybridized carbons (Fsp3) is 0.400. The SMILES string of the molecule is Brc1ccc(OCCOCCOCCOCCOc2ccc(Br)cc2)cc1. The Labute approximate surface area is 177 Å². The topological polar surface area (TPSA) is 46.2 Å². The molecular weight excluding hydrogens is 480 g/mol. The maximum Gasteiger partial charge on any atom is 0.119 e. The first kappa shape index (κ1) is 22.2. The minimum atomic E-state index is 0.517. The lowest BCUT2D eigenvalue weighted by Gasteiger charge is -2.09. The number of rotatable bonds is 14. The van der Waals surface area contributed by atoms with Crippen LogP contribution in [0.15, 0.2) is 57.5 Å². The Hall–Kier alpha value is -1.12. The first-order valence-electron chi connectivity index (χ1n) is 8.74. The van der Waals surface area contributed by atoms with E-state index >= 15 is 0 Å². The molecule has 0 saturated heterocycles. The monoisotopic (exact) mass is 502 g/mol. The highest BCUT2D eigenvalue weighted by atomic mass is 79.9. The summed E-state index contributed by atoms with van der Waals surface area (Å²) in [5, 5.41) is 0. The molecule has 0 saturated carbocycles. The summed E-state index contributed by atoms with van der Waals surface area (Å²) >= 11 is 6.77. The predicted octanol–water partition coefficient (Wildman–Crippen LogP) is 4.72. The molecule has 0 bridgehead atoms. The van der Waals surface area contributed by atoms with Gasteiger partial charge in [-0.1, -0.05) is 31.9 Å². The Morgan fingerprint density at radius 3 is 1.07 bits per heavy atom. The van der Waals surface area contributed by atoms with Crippen molar-refractivity contribution in [3.8, 4) is 11.5 Å². The van der Waals surface area contributed by atoms with Gasteiger partial charge in [0.05, 0.1) is 39.6 Å². The number of hydrogen-bond acceptors (Lipinski definition) is 5. The van der Waals surface area contributed by atoms with Gasteiger partial charge in [-0.2, -0.15) is 0 Å². The van der Waals surface area contributed by atoms with E-state index in [0.717, 1.165) is 20.4 Å². The molecule has 148 valence electrons. The summed E-state index contributed by atoms with van der Waals surface area (Å²) < 4.78 is 29.5. The molecule has 2 aromatic rings. The minimum Gasteiger partial charge on any atom is -0.491 e. The Morgan fingerprint density at radius 1 is 0.444 bits per heavy atom. The van der Waals surface area contributed by atoms with Gasteiger partial charge >= 0.3 is 0 Å². The molecule has 7 heteroatoms. The Balaban J connectivity index is 1.32. The average Bonchev–Trinajstić information content (AvgIpc) is 2.68. The van der Waals surface area contributed by atoms with Crippen molar-refractivity contribution in [3.05, 3.63) is 57.5 Å². The summed E-state index contributed by atoms with van der Waals surface area (Å²) in [6.07, 6.45) is 0. The molecule has 0 atom stereocenters. The first-order chi connectivity index (χ1) is 13.2. The van der Waals surface area contributed by atoms with Gasteiger partial charge in [0.15, 0.2) is 0 Å². The van der Waals surface area contributed by atoms with E-state index in [-0.39, 0.29) is 0 Å². The van der Waals surface area contributed by atoms with E-state index in [2.05, 4.69) is 31.9 Å². The summed E-state index contributed by atoms with van der Waals surface area (Å²) in [5.74, 6) is 1.67. The van der Waals surface area contributed by atoms with Crippen LogP contribution in [-0.4, -0.2) is 52.9 Å². The molecule has 0 unspecified atom stereocenters. The highest BCUT2D eigenvalue weighted by molar-refractivity contribution is 9.10. The molecule has 2 aromatic carbocycles. The van der Waals surface area contributed by atoms with Crippen LogP contribution >= 0.6 is 31.9 Å². The van der Waals surface area contributed by atoms with Gasteiger partial charge in [0, 0.05) is 8.95 Å². The first-order valence-corrected chi connectivity index (χ1v) is 10.3. The third-order valence-electron chi connectivity index (χ3n) is 3.36. The maximum atomic E-state index is 5.56. The molecular formula is C20H24Br2O5. The number of benzene rings is 2. The molecule has 2 rings (SSSR count). The molecule has 0 aliphatic carbocycles. The van der Waals surface area contributed by atoms with Gasteiger partial charge < -0.3 is 23.7 Å². The number of hydrogen-bond donors (Lipinski definition) is 0. The van der Waals surface area contributed by atoms with Crippen molar-refractivity contribution in [1.82, 2.24) is 0 Å². The van der Waals surface area contributed by atoms with E-state index in [4.69, 9.17) is 23.7 Å². The normalized spacial score (nSPS) is 10.7. The van der Waals surface area contributed by atoms with Crippen LogP contribution in [0.1, 0.15) is 0 Å². The highest BCUT2D eigenvalue weighted by Gasteiger charge is 1.96. The van der Waals surface area contributed by atoms with Crippen molar-refractivity contribution < 1.29 is 23.7 Å². The molecule has 0 aromatic heterocycles. The quantitative estimate of drug-likeness (QED) is 0.349. The van der Waals surface area contributed by atoms with Crippen LogP contribution in [0, 0.1) is 0 Å². The second kappa shape index (κ2) is 14.0. The second-order valence-electron chi connectivity index (χ2n) is 5.44. The molecule has 0 amide bonds. The van der Waals surface area contributed by atoms with E-state index in [9.17, 15) is 0 Å². The van der Waals surface area contributed by atoms with Crippen LogP contribution in [0.5, 0.6) is 11.5 Å². The summed E-state index contributed by atoms with van der Waals surface area (Å²) in [4.78, 5) is 0. The van der Waals surface area contributed by atoms with Crippen molar-refractivity contribution in [3.63, 3.8) is 0 Å². The van der Waals surface area contributed by atoms with Gasteiger partial charge in [0.25, 0.3) is 0 Å². The van der Waals surface area contributed by atoms with E-state index in [1.807, 2.05) is 48.5 Å². The van der Waals surface area contributed by atoms with Crippen LogP contribution < -0.4 is 9.47 Å². The zero-order valence-corrected chi connectivity index (χ0v) is 18.2. The summed E-state index contributed by atoms with van der Waals surface area (Å²) in [5.41, 5.74) is 0. The molecule has 5 nitrogen and oxygen atoms in total. The number of halogens is 2. The van der Waals surface area contributed by atoms with Gasteiger partial charge in [0.2, 0.25) is 0 Å². The maximum absolute atomic E-state index is 5.56. The molecule has 0 aliphatic rings. The molecule has 0 spiro atoms. The summed E-state index contributed by atoms with van der Waals surface area (Å²) in [7, 11) is 0. The smallest absolute Gasteiger partial charge is 0.119 e.